The van der Waals surface area contributed by atoms with Crippen LogP contribution in [0.1, 0.15) is 46.0 Å². The molecular weight excluding hydrogens is 446 g/mol. The SMILES string of the molecule is CCOC[C@]1(O)C[C@@]23C(=C1C(=O)[O-])C[C@@H](CC[C@H]2C)[C@@]31C[NH+](C(N)=NCCNC)CC[C@@H]1CNC. The van der Waals surface area contributed by atoms with Gasteiger partial charge in [-0.3, -0.25) is 4.90 Å². The van der Waals surface area contributed by atoms with Gasteiger partial charge < -0.3 is 36.1 Å². The number of quaternary nitrogens is 1. The molecule has 9 nitrogen and oxygen atoms in total. The van der Waals surface area contributed by atoms with E-state index in [-0.39, 0.29) is 23.5 Å². The number of nitrogens with one attached hydrogen (secondary N) is 3. The predicted octanol–water partition coefficient (Wildman–Crippen LogP) is -1.71. The lowest BCUT2D eigenvalue weighted by Crippen LogP contribution is -3.19. The number of nitrogens with zero attached hydrogens (tertiary/aromatic N) is 1. The summed E-state index contributed by atoms with van der Waals surface area (Å²) in [5.41, 5.74) is 5.49. The Kier molecular flexibility index (Phi) is 7.65. The standard InChI is InChI=1S/C26H45N5O4/c1-5-35-16-24(34)14-25-17(2)6-7-18(12-20(25)21(24)22(32)33)26(25)15-31(11-8-19(26)13-29-4)23(27)30-10-9-28-3/h17-19,28-29,34H,5-16H2,1-4H3,(H2,27,30)(H,32,33)/t17-,18-,19-,24-,25+,26-/m1/s1. The Hall–Kier alpha value is -1.52. The molecule has 1 heterocycles. The van der Waals surface area contributed by atoms with Gasteiger partial charge in [-0.05, 0) is 71.0 Å². The van der Waals surface area contributed by atoms with Gasteiger partial charge >= 0.3 is 0 Å². The van der Waals surface area contributed by atoms with Crippen molar-refractivity contribution < 1.29 is 24.6 Å². The number of hydrogen-bond acceptors (Lipinski definition) is 7. The summed E-state index contributed by atoms with van der Waals surface area (Å²) < 4.78 is 5.66. The van der Waals surface area contributed by atoms with Crippen LogP contribution >= 0.6 is 0 Å². The van der Waals surface area contributed by atoms with Crippen LogP contribution in [0.2, 0.25) is 0 Å². The molecule has 3 fully saturated rings. The van der Waals surface area contributed by atoms with Crippen molar-refractivity contribution in [1.82, 2.24) is 10.6 Å². The number of carbonyl (C=O) groups is 1. The molecule has 2 saturated carbocycles. The van der Waals surface area contributed by atoms with E-state index < -0.39 is 17.0 Å². The van der Waals surface area contributed by atoms with Crippen molar-refractivity contribution >= 4 is 11.9 Å². The first kappa shape index (κ1) is 26.5. The summed E-state index contributed by atoms with van der Waals surface area (Å²) in [4.78, 5) is 18.4. The maximum absolute atomic E-state index is 12.6. The largest absolute Gasteiger partial charge is 0.545 e. The van der Waals surface area contributed by atoms with Crippen LogP contribution in [0.4, 0.5) is 0 Å². The lowest BCUT2D eigenvalue weighted by atomic mass is 9.45. The Morgan fingerprint density at radius 2 is 2.09 bits per heavy atom. The average molecular weight is 492 g/mol. The van der Waals surface area contributed by atoms with Crippen LogP contribution in [-0.4, -0.2) is 82.7 Å². The minimum atomic E-state index is -1.53. The minimum Gasteiger partial charge on any atom is -0.545 e. The van der Waals surface area contributed by atoms with Gasteiger partial charge in [0.05, 0.1) is 32.2 Å². The van der Waals surface area contributed by atoms with E-state index in [4.69, 9.17) is 10.5 Å². The highest BCUT2D eigenvalue weighted by Crippen LogP contribution is 2.76. The second-order valence-corrected chi connectivity index (χ2v) is 11.3. The van der Waals surface area contributed by atoms with Gasteiger partial charge in [0, 0.05) is 36.0 Å². The number of aliphatic hydroxyl groups is 1. The quantitative estimate of drug-likeness (QED) is 0.147. The molecular formula is C26H45N5O4. The van der Waals surface area contributed by atoms with Crippen molar-refractivity contribution in [3.63, 3.8) is 0 Å². The molecule has 0 aromatic heterocycles. The van der Waals surface area contributed by atoms with Crippen LogP contribution in [0.5, 0.6) is 0 Å². The Labute approximate surface area is 209 Å². The Bertz CT molecular complexity index is 878. The molecule has 7 atom stereocenters. The monoisotopic (exact) mass is 491 g/mol. The van der Waals surface area contributed by atoms with E-state index in [2.05, 4.69) is 22.5 Å². The number of hydrogen-bond donors (Lipinski definition) is 5. The number of allylic oxidation sites excluding steroid dienone is 1. The second-order valence-electron chi connectivity index (χ2n) is 11.3. The van der Waals surface area contributed by atoms with Gasteiger partial charge in [0.1, 0.15) is 5.60 Å². The third kappa shape index (κ3) is 3.94. The summed E-state index contributed by atoms with van der Waals surface area (Å²) in [6, 6.07) is 0. The molecule has 0 radical (unpaired) electrons. The van der Waals surface area contributed by atoms with Gasteiger partial charge in [0.2, 0.25) is 0 Å². The van der Waals surface area contributed by atoms with E-state index in [0.29, 0.717) is 43.8 Å². The highest BCUT2D eigenvalue weighted by atomic mass is 16.5. The Morgan fingerprint density at radius 3 is 2.74 bits per heavy atom. The Morgan fingerprint density at radius 1 is 1.31 bits per heavy atom. The highest BCUT2D eigenvalue weighted by Gasteiger charge is 2.75. The first-order valence-electron chi connectivity index (χ1n) is 13.4. The molecule has 0 aromatic rings. The summed E-state index contributed by atoms with van der Waals surface area (Å²) in [6.07, 6.45) is 4.20. The van der Waals surface area contributed by atoms with E-state index in [9.17, 15) is 15.0 Å². The molecule has 3 aliphatic carbocycles. The fourth-order valence-electron chi connectivity index (χ4n) is 8.72. The molecule has 0 amide bonds. The molecule has 0 aromatic carbocycles. The number of piperidine rings is 1. The molecule has 4 rings (SSSR count). The summed E-state index contributed by atoms with van der Waals surface area (Å²) in [5, 5.41) is 31.0. The number of aliphatic carboxylic acids is 1. The van der Waals surface area contributed by atoms with Crippen LogP contribution in [0.15, 0.2) is 16.1 Å². The van der Waals surface area contributed by atoms with Crippen molar-refractivity contribution in [3.8, 4) is 0 Å². The number of carboxylic acids is 1. The van der Waals surface area contributed by atoms with E-state index in [1.807, 2.05) is 21.0 Å². The lowest BCUT2D eigenvalue weighted by molar-refractivity contribution is -0.828. The number of aliphatic imine (C=N–C) groups is 1. The number of guanidine groups is 1. The van der Waals surface area contributed by atoms with Crippen LogP contribution in [0.3, 0.4) is 0 Å². The zero-order chi connectivity index (χ0) is 25.4. The molecule has 1 unspecified atom stereocenters. The molecule has 2 bridgehead atoms. The van der Waals surface area contributed by atoms with Crippen LogP contribution in [-0.2, 0) is 9.53 Å². The fourth-order valence-corrected chi connectivity index (χ4v) is 8.72. The number of nitrogens with two attached hydrogens (primary N) is 1. The first-order chi connectivity index (χ1) is 16.7. The molecule has 4 aliphatic rings. The smallest absolute Gasteiger partial charge is 0.293 e. The lowest BCUT2D eigenvalue weighted by Gasteiger charge is -2.60. The van der Waals surface area contributed by atoms with Crippen molar-refractivity contribution in [3.05, 3.63) is 11.1 Å². The van der Waals surface area contributed by atoms with Crippen LogP contribution in [0.25, 0.3) is 0 Å². The molecule has 2 spiro atoms. The van der Waals surface area contributed by atoms with Crippen molar-refractivity contribution in [2.75, 3.05) is 60.0 Å². The maximum atomic E-state index is 12.6. The van der Waals surface area contributed by atoms with Crippen molar-refractivity contribution in [2.45, 2.75) is 51.6 Å². The molecule has 1 aliphatic heterocycles. The summed E-state index contributed by atoms with van der Waals surface area (Å²) in [5.74, 6) is 0.377. The normalized spacial score (nSPS) is 41.0. The van der Waals surface area contributed by atoms with Crippen molar-refractivity contribution in [1.29, 1.82) is 0 Å². The maximum Gasteiger partial charge on any atom is 0.293 e. The van der Waals surface area contributed by atoms with Crippen LogP contribution in [0, 0.1) is 28.6 Å². The average Bonchev–Trinajstić information content (AvgIpc) is 3.17. The highest BCUT2D eigenvalue weighted by molar-refractivity contribution is 5.90. The minimum absolute atomic E-state index is 0.00753. The van der Waals surface area contributed by atoms with Gasteiger partial charge in [-0.1, -0.05) is 12.5 Å². The van der Waals surface area contributed by atoms with E-state index in [1.165, 1.54) is 4.90 Å². The number of carboxylic acid groups (broad SMARTS) is 1. The van der Waals surface area contributed by atoms with Gasteiger partial charge in [-0.2, -0.15) is 0 Å². The molecule has 198 valence electrons. The topological polar surface area (TPSA) is 136 Å². The molecule has 9 heteroatoms. The van der Waals surface area contributed by atoms with Crippen molar-refractivity contribution in [2.24, 2.45) is 39.3 Å². The second kappa shape index (κ2) is 10.1. The fraction of sp³-hybridized carbons (Fsp3) is 0.846. The summed E-state index contributed by atoms with van der Waals surface area (Å²) >= 11 is 0. The summed E-state index contributed by atoms with van der Waals surface area (Å²) in [7, 11) is 3.90. The number of carbonyl (C=O) groups excluding carboxylic acids is 1. The summed E-state index contributed by atoms with van der Waals surface area (Å²) in [6.45, 7) is 8.56. The van der Waals surface area contributed by atoms with E-state index in [1.54, 1.807) is 0 Å². The number of likely N-dealkylation sites (N-methyl/N-ethyl adjacent to an activating group) is 1. The van der Waals surface area contributed by atoms with Crippen LogP contribution < -0.4 is 26.4 Å². The van der Waals surface area contributed by atoms with Gasteiger partial charge in [-0.25, -0.2) is 4.99 Å². The van der Waals surface area contributed by atoms with Gasteiger partial charge in [0.25, 0.3) is 5.96 Å². The first-order valence-corrected chi connectivity index (χ1v) is 13.4. The van der Waals surface area contributed by atoms with E-state index in [0.717, 1.165) is 51.0 Å². The zero-order valence-electron chi connectivity index (χ0n) is 21.9. The predicted molar refractivity (Wildman–Crippen MR) is 133 cm³/mol. The van der Waals surface area contributed by atoms with Gasteiger partial charge in [0.15, 0.2) is 0 Å². The van der Waals surface area contributed by atoms with E-state index >= 15 is 0 Å². The number of ether oxygens (including phenoxy) is 1. The Balaban J connectivity index is 1.85. The van der Waals surface area contributed by atoms with Gasteiger partial charge in [-0.15, -0.1) is 0 Å². The molecule has 6 N–H and O–H groups in total. The molecule has 1 saturated heterocycles. The zero-order valence-corrected chi connectivity index (χ0v) is 21.9. The number of likely N-dealkylation sites (tertiary alicyclic amines) is 1. The molecule has 35 heavy (non-hydrogen) atoms. The third-order valence-electron chi connectivity index (χ3n) is 9.91. The number of rotatable bonds is 9. The third-order valence-corrected chi connectivity index (χ3v) is 9.91.